The van der Waals surface area contributed by atoms with Crippen molar-refractivity contribution in [2.75, 3.05) is 5.32 Å². The van der Waals surface area contributed by atoms with Gasteiger partial charge in [-0.25, -0.2) is 0 Å². The van der Waals surface area contributed by atoms with Crippen LogP contribution in [0.4, 0.5) is 11.4 Å². The van der Waals surface area contributed by atoms with Gasteiger partial charge >= 0.3 is 0 Å². The molecule has 0 amide bonds. The summed E-state index contributed by atoms with van der Waals surface area (Å²) in [5, 5.41) is 14.0. The van der Waals surface area contributed by atoms with Gasteiger partial charge in [0.05, 0.1) is 4.92 Å². The van der Waals surface area contributed by atoms with E-state index in [1.54, 1.807) is 18.2 Å². The molecule has 2 rings (SSSR count). The molecule has 4 nitrogen and oxygen atoms in total. The van der Waals surface area contributed by atoms with E-state index in [-0.39, 0.29) is 16.0 Å². The molecule has 15 heavy (non-hydrogen) atoms. The quantitative estimate of drug-likeness (QED) is 0.567. The second-order valence-corrected chi connectivity index (χ2v) is 4.57. The number of rotatable bonds is 1. The maximum atomic E-state index is 10.7. The SMILES string of the molecule is CC1Nc2ccc([N+](=O)[O-])cc2C1(C)C. The molecule has 80 valence electrons. The first-order valence-electron chi connectivity index (χ1n) is 4.98. The Labute approximate surface area is 88.5 Å². The summed E-state index contributed by atoms with van der Waals surface area (Å²) in [6.45, 7) is 6.28. The zero-order chi connectivity index (χ0) is 11.2. The fourth-order valence-corrected chi connectivity index (χ4v) is 1.95. The minimum absolute atomic E-state index is 0.0542. The Bertz CT molecular complexity index is 427. The van der Waals surface area contributed by atoms with Gasteiger partial charge in [-0.05, 0) is 18.6 Å². The van der Waals surface area contributed by atoms with Gasteiger partial charge in [-0.2, -0.15) is 0 Å². The van der Waals surface area contributed by atoms with Crippen molar-refractivity contribution in [2.24, 2.45) is 0 Å². The van der Waals surface area contributed by atoms with E-state index in [0.717, 1.165) is 11.3 Å². The van der Waals surface area contributed by atoms with Crippen LogP contribution in [0.15, 0.2) is 18.2 Å². The van der Waals surface area contributed by atoms with E-state index in [4.69, 9.17) is 0 Å². The van der Waals surface area contributed by atoms with Crippen molar-refractivity contribution in [2.45, 2.75) is 32.2 Å². The molecular formula is C11H14N2O2. The lowest BCUT2D eigenvalue weighted by Gasteiger charge is -2.23. The van der Waals surface area contributed by atoms with Gasteiger partial charge in [-0.15, -0.1) is 0 Å². The van der Waals surface area contributed by atoms with Gasteiger partial charge in [0.25, 0.3) is 5.69 Å². The normalized spacial score (nSPS) is 21.9. The monoisotopic (exact) mass is 206 g/mol. The number of benzene rings is 1. The molecule has 0 saturated heterocycles. The van der Waals surface area contributed by atoms with Gasteiger partial charge in [0.15, 0.2) is 0 Å². The Morgan fingerprint density at radius 1 is 1.47 bits per heavy atom. The average Bonchev–Trinajstić information content (AvgIpc) is 2.38. The van der Waals surface area contributed by atoms with Crippen molar-refractivity contribution in [1.82, 2.24) is 0 Å². The zero-order valence-corrected chi connectivity index (χ0v) is 9.07. The predicted molar refractivity (Wildman–Crippen MR) is 59.2 cm³/mol. The number of nitrogens with one attached hydrogen (secondary N) is 1. The van der Waals surface area contributed by atoms with Crippen molar-refractivity contribution in [3.63, 3.8) is 0 Å². The van der Waals surface area contributed by atoms with Crippen molar-refractivity contribution in [3.8, 4) is 0 Å². The molecule has 0 aromatic heterocycles. The Balaban J connectivity index is 2.55. The number of nitro groups is 1. The minimum atomic E-state index is -0.348. The Kier molecular flexibility index (Phi) is 1.96. The van der Waals surface area contributed by atoms with Gasteiger partial charge in [-0.1, -0.05) is 13.8 Å². The number of hydrogen-bond acceptors (Lipinski definition) is 3. The summed E-state index contributed by atoms with van der Waals surface area (Å²) in [4.78, 5) is 10.3. The van der Waals surface area contributed by atoms with E-state index < -0.39 is 0 Å². The molecule has 0 aliphatic carbocycles. The molecule has 1 N–H and O–H groups in total. The maximum absolute atomic E-state index is 10.7. The van der Waals surface area contributed by atoms with Gasteiger partial charge in [0, 0.05) is 29.3 Å². The minimum Gasteiger partial charge on any atom is -0.381 e. The molecule has 0 fully saturated rings. The van der Waals surface area contributed by atoms with E-state index in [1.807, 2.05) is 0 Å². The highest BCUT2D eigenvalue weighted by Crippen LogP contribution is 2.41. The molecule has 0 radical (unpaired) electrons. The summed E-state index contributed by atoms with van der Waals surface area (Å²) in [6, 6.07) is 5.30. The number of hydrogen-bond donors (Lipinski definition) is 1. The molecule has 4 heteroatoms. The smallest absolute Gasteiger partial charge is 0.269 e. The van der Waals surface area contributed by atoms with Crippen LogP contribution in [0.2, 0.25) is 0 Å². The molecule has 1 aromatic carbocycles. The Morgan fingerprint density at radius 2 is 2.13 bits per heavy atom. The van der Waals surface area contributed by atoms with Gasteiger partial charge in [0.2, 0.25) is 0 Å². The van der Waals surface area contributed by atoms with Crippen LogP contribution in [-0.4, -0.2) is 11.0 Å². The summed E-state index contributed by atoms with van der Waals surface area (Å²) in [7, 11) is 0. The topological polar surface area (TPSA) is 55.2 Å². The average molecular weight is 206 g/mol. The van der Waals surface area contributed by atoms with Crippen LogP contribution in [-0.2, 0) is 5.41 Å². The van der Waals surface area contributed by atoms with Crippen LogP contribution in [0.5, 0.6) is 0 Å². The number of nitro benzene ring substituents is 1. The first kappa shape index (κ1) is 9.96. The molecule has 1 aliphatic rings. The molecule has 0 saturated carbocycles. The van der Waals surface area contributed by atoms with Crippen LogP contribution in [0.25, 0.3) is 0 Å². The fourth-order valence-electron chi connectivity index (χ4n) is 1.95. The van der Waals surface area contributed by atoms with Gasteiger partial charge in [-0.3, -0.25) is 10.1 Å². The molecule has 1 atom stereocenters. The molecule has 1 aromatic rings. The zero-order valence-electron chi connectivity index (χ0n) is 9.07. The van der Waals surface area contributed by atoms with E-state index >= 15 is 0 Å². The lowest BCUT2D eigenvalue weighted by molar-refractivity contribution is -0.384. The highest BCUT2D eigenvalue weighted by Gasteiger charge is 2.37. The third kappa shape index (κ3) is 1.37. The molecule has 0 spiro atoms. The van der Waals surface area contributed by atoms with E-state index in [9.17, 15) is 10.1 Å². The highest BCUT2D eigenvalue weighted by atomic mass is 16.6. The van der Waals surface area contributed by atoms with Crippen LogP contribution in [0.1, 0.15) is 26.3 Å². The first-order chi connectivity index (χ1) is 6.93. The standard InChI is InChI=1S/C11H14N2O2/c1-7-11(2,3)9-6-8(13(14)15)4-5-10(9)12-7/h4-7,12H,1-3H3. The second kappa shape index (κ2) is 2.95. The van der Waals surface area contributed by atoms with Crippen LogP contribution in [0.3, 0.4) is 0 Å². The number of anilines is 1. The van der Waals surface area contributed by atoms with Crippen LogP contribution >= 0.6 is 0 Å². The lowest BCUT2D eigenvalue weighted by atomic mass is 9.81. The summed E-state index contributed by atoms with van der Waals surface area (Å²) >= 11 is 0. The van der Waals surface area contributed by atoms with Crippen molar-refractivity contribution in [3.05, 3.63) is 33.9 Å². The summed E-state index contributed by atoms with van der Waals surface area (Å²) in [5.74, 6) is 0. The third-order valence-electron chi connectivity index (χ3n) is 3.36. The lowest BCUT2D eigenvalue weighted by Crippen LogP contribution is -2.29. The molecule has 1 heterocycles. The molecule has 1 unspecified atom stereocenters. The second-order valence-electron chi connectivity index (χ2n) is 4.57. The summed E-state index contributed by atoms with van der Waals surface area (Å²) < 4.78 is 0. The number of nitrogens with zero attached hydrogens (tertiary/aromatic N) is 1. The fraction of sp³-hybridized carbons (Fsp3) is 0.455. The molecule has 0 bridgehead atoms. The predicted octanol–water partition coefficient (Wildman–Crippen LogP) is 2.69. The maximum Gasteiger partial charge on any atom is 0.269 e. The van der Waals surface area contributed by atoms with Gasteiger partial charge < -0.3 is 5.32 Å². The van der Waals surface area contributed by atoms with E-state index in [0.29, 0.717) is 6.04 Å². The first-order valence-corrected chi connectivity index (χ1v) is 4.98. The summed E-state index contributed by atoms with van der Waals surface area (Å²) in [6.07, 6.45) is 0. The van der Waals surface area contributed by atoms with Crippen LogP contribution in [0, 0.1) is 10.1 Å². The third-order valence-corrected chi connectivity index (χ3v) is 3.36. The highest BCUT2D eigenvalue weighted by molar-refractivity contribution is 5.64. The van der Waals surface area contributed by atoms with E-state index in [1.165, 1.54) is 0 Å². The number of non-ortho nitro benzene ring substituents is 1. The van der Waals surface area contributed by atoms with E-state index in [2.05, 4.69) is 26.1 Å². The van der Waals surface area contributed by atoms with Crippen molar-refractivity contribution in [1.29, 1.82) is 0 Å². The van der Waals surface area contributed by atoms with Gasteiger partial charge in [0.1, 0.15) is 0 Å². The molecular weight excluding hydrogens is 192 g/mol. The van der Waals surface area contributed by atoms with Crippen molar-refractivity contribution < 1.29 is 4.92 Å². The Morgan fingerprint density at radius 3 is 2.73 bits per heavy atom. The summed E-state index contributed by atoms with van der Waals surface area (Å²) in [5.41, 5.74) is 2.15. The number of fused-ring (bicyclic) bond motifs is 1. The molecule has 1 aliphatic heterocycles. The largest absolute Gasteiger partial charge is 0.381 e. The Hall–Kier alpha value is -1.58. The van der Waals surface area contributed by atoms with Crippen molar-refractivity contribution >= 4 is 11.4 Å². The van der Waals surface area contributed by atoms with Crippen LogP contribution < -0.4 is 5.32 Å².